The van der Waals surface area contributed by atoms with Crippen molar-refractivity contribution in [1.82, 2.24) is 9.97 Å². The number of pyridine rings is 2. The molecule has 4 rings (SSSR count). The van der Waals surface area contributed by atoms with E-state index in [1.54, 1.807) is 26.0 Å². The second-order valence-electron chi connectivity index (χ2n) is 6.94. The van der Waals surface area contributed by atoms with Gasteiger partial charge in [0.15, 0.2) is 5.75 Å². The normalized spacial score (nSPS) is 11.9. The van der Waals surface area contributed by atoms with Gasteiger partial charge in [-0.2, -0.15) is 16.8 Å². The van der Waals surface area contributed by atoms with Crippen molar-refractivity contribution >= 4 is 53.6 Å². The largest absolute Gasteiger partial charge is 0.506 e. The molecule has 4 N–H and O–H groups in total. The molecule has 2 heterocycles. The van der Waals surface area contributed by atoms with E-state index < -0.39 is 20.2 Å². The Kier molecular flexibility index (Phi) is 6.51. The Hall–Kier alpha value is -3.03. The summed E-state index contributed by atoms with van der Waals surface area (Å²) < 4.78 is 62.6. The van der Waals surface area contributed by atoms with Gasteiger partial charge in [-0.1, -0.05) is 11.6 Å². The van der Waals surface area contributed by atoms with E-state index in [0.717, 1.165) is 12.1 Å². The molecule has 174 valence electrons. The molecule has 0 bridgehead atoms. The minimum absolute atomic E-state index is 0.0464. The number of aromatic nitrogens is 2. The Balaban J connectivity index is 0.000000186. The van der Waals surface area contributed by atoms with Gasteiger partial charge in [0.25, 0.3) is 20.2 Å². The molecule has 0 saturated heterocycles. The van der Waals surface area contributed by atoms with Gasteiger partial charge in [0, 0.05) is 22.2 Å². The molecular formula is C20H17ClN2O8S2. The monoisotopic (exact) mass is 512 g/mol. The standard InChI is InChI=1S/C10H8ClNO4S.C10H9NO4S/c1-5-2-3-6-8(17(14,15)16)4-7(11)10(13)9(6)12-5;1-6-2-3-7-9(16(13,14)15)5-4-8(12)10(7)11-6/h2-4,13H,1H3,(H,14,15,16);2-5,12H,1H3,(H,13,14,15). The van der Waals surface area contributed by atoms with Crippen LogP contribution in [0.15, 0.2) is 52.3 Å². The predicted molar refractivity (Wildman–Crippen MR) is 121 cm³/mol. The summed E-state index contributed by atoms with van der Waals surface area (Å²) in [7, 11) is -8.73. The summed E-state index contributed by atoms with van der Waals surface area (Å²) >= 11 is 5.69. The van der Waals surface area contributed by atoms with Crippen molar-refractivity contribution in [2.75, 3.05) is 0 Å². The van der Waals surface area contributed by atoms with Crippen LogP contribution >= 0.6 is 11.6 Å². The maximum Gasteiger partial charge on any atom is 0.295 e. The van der Waals surface area contributed by atoms with Crippen molar-refractivity contribution in [3.63, 3.8) is 0 Å². The Bertz CT molecular complexity index is 1620. The highest BCUT2D eigenvalue weighted by atomic mass is 35.5. The lowest BCUT2D eigenvalue weighted by molar-refractivity contribution is 0.476. The van der Waals surface area contributed by atoms with E-state index in [-0.39, 0.29) is 48.1 Å². The van der Waals surface area contributed by atoms with E-state index in [1.807, 2.05) is 0 Å². The summed E-state index contributed by atoms with van der Waals surface area (Å²) in [4.78, 5) is 7.39. The molecule has 0 amide bonds. The first kappa shape index (κ1) is 24.6. The van der Waals surface area contributed by atoms with Gasteiger partial charge in [-0.25, -0.2) is 9.97 Å². The fourth-order valence-electron chi connectivity index (χ4n) is 3.02. The average molecular weight is 513 g/mol. The van der Waals surface area contributed by atoms with Gasteiger partial charge in [0.05, 0.1) is 5.02 Å². The molecule has 0 radical (unpaired) electrons. The van der Waals surface area contributed by atoms with Crippen molar-refractivity contribution in [2.24, 2.45) is 0 Å². The summed E-state index contributed by atoms with van der Waals surface area (Å²) in [5, 5.41) is 19.4. The Morgan fingerprint density at radius 2 is 1.21 bits per heavy atom. The third-order valence-electron chi connectivity index (χ3n) is 4.50. The smallest absolute Gasteiger partial charge is 0.295 e. The summed E-state index contributed by atoms with van der Waals surface area (Å²) in [6, 6.07) is 9.46. The lowest BCUT2D eigenvalue weighted by Gasteiger charge is -2.07. The molecule has 0 spiro atoms. The quantitative estimate of drug-likeness (QED) is 0.290. The number of aryl methyl sites for hydroxylation is 2. The van der Waals surface area contributed by atoms with Crippen molar-refractivity contribution in [3.8, 4) is 11.5 Å². The van der Waals surface area contributed by atoms with E-state index >= 15 is 0 Å². The molecular weight excluding hydrogens is 496 g/mol. The highest BCUT2D eigenvalue weighted by molar-refractivity contribution is 7.86. The van der Waals surface area contributed by atoms with Crippen molar-refractivity contribution < 1.29 is 36.2 Å². The lowest BCUT2D eigenvalue weighted by Crippen LogP contribution is -2.00. The van der Waals surface area contributed by atoms with Crippen LogP contribution < -0.4 is 0 Å². The minimum atomic E-state index is -4.42. The Morgan fingerprint density at radius 1 is 0.727 bits per heavy atom. The van der Waals surface area contributed by atoms with Crippen LogP contribution in [-0.2, 0) is 20.2 Å². The van der Waals surface area contributed by atoms with Crippen LogP contribution in [0.1, 0.15) is 11.4 Å². The first-order chi connectivity index (χ1) is 15.2. The van der Waals surface area contributed by atoms with Crippen molar-refractivity contribution in [3.05, 3.63) is 58.9 Å². The van der Waals surface area contributed by atoms with Crippen molar-refractivity contribution in [2.45, 2.75) is 23.6 Å². The molecule has 13 heteroatoms. The molecule has 4 aromatic rings. The minimum Gasteiger partial charge on any atom is -0.506 e. The molecule has 0 unspecified atom stereocenters. The fraction of sp³-hybridized carbons (Fsp3) is 0.100. The number of nitrogens with zero attached hydrogens (tertiary/aromatic N) is 2. The third kappa shape index (κ3) is 5.15. The van der Waals surface area contributed by atoms with Gasteiger partial charge < -0.3 is 10.2 Å². The number of fused-ring (bicyclic) bond motifs is 2. The molecule has 0 atom stereocenters. The molecule has 0 saturated carbocycles. The van der Waals surface area contributed by atoms with Crippen LogP contribution in [-0.4, -0.2) is 46.1 Å². The van der Waals surface area contributed by atoms with E-state index in [0.29, 0.717) is 11.4 Å². The second-order valence-corrected chi connectivity index (χ2v) is 10.1. The summed E-state index contributed by atoms with van der Waals surface area (Å²) in [6.07, 6.45) is 0. The zero-order valence-electron chi connectivity index (χ0n) is 17.1. The molecule has 2 aromatic carbocycles. The SMILES string of the molecule is Cc1ccc2c(S(=O)(=O)O)cc(Cl)c(O)c2n1.Cc1ccc2c(S(=O)(=O)O)ccc(O)c2n1. The maximum absolute atomic E-state index is 11.2. The first-order valence-corrected chi connectivity index (χ1v) is 12.3. The molecule has 2 aromatic heterocycles. The topological polar surface area (TPSA) is 175 Å². The van der Waals surface area contributed by atoms with E-state index in [2.05, 4.69) is 9.97 Å². The van der Waals surface area contributed by atoms with E-state index in [1.165, 1.54) is 18.2 Å². The maximum atomic E-state index is 11.2. The highest BCUT2D eigenvalue weighted by Gasteiger charge is 2.19. The van der Waals surface area contributed by atoms with Gasteiger partial charge in [0.1, 0.15) is 26.6 Å². The summed E-state index contributed by atoms with van der Waals surface area (Å²) in [6.45, 7) is 3.41. The second kappa shape index (κ2) is 8.72. The third-order valence-corrected chi connectivity index (χ3v) is 6.59. The van der Waals surface area contributed by atoms with E-state index in [4.69, 9.17) is 20.7 Å². The zero-order chi connectivity index (χ0) is 24.7. The molecule has 33 heavy (non-hydrogen) atoms. The van der Waals surface area contributed by atoms with Crippen LogP contribution in [0.2, 0.25) is 5.02 Å². The Morgan fingerprint density at radius 3 is 1.73 bits per heavy atom. The molecule has 10 nitrogen and oxygen atoms in total. The fourth-order valence-corrected chi connectivity index (χ4v) is 4.68. The number of aromatic hydroxyl groups is 2. The number of phenols is 2. The zero-order valence-corrected chi connectivity index (χ0v) is 19.4. The summed E-state index contributed by atoms with van der Waals surface area (Å²) in [5.41, 5.74) is 1.45. The number of benzene rings is 2. The Labute approximate surface area is 193 Å². The predicted octanol–water partition coefficient (Wildman–Crippen LogP) is 3.64. The van der Waals surface area contributed by atoms with E-state index in [9.17, 15) is 27.0 Å². The average Bonchev–Trinajstić information content (AvgIpc) is 2.70. The molecule has 0 aliphatic heterocycles. The van der Waals surface area contributed by atoms with Crippen molar-refractivity contribution in [1.29, 1.82) is 0 Å². The van der Waals surface area contributed by atoms with Gasteiger partial charge in [-0.15, -0.1) is 0 Å². The highest BCUT2D eigenvalue weighted by Crippen LogP contribution is 2.35. The van der Waals surface area contributed by atoms with Gasteiger partial charge in [0.2, 0.25) is 0 Å². The number of phenolic OH excluding ortho intramolecular Hbond substituents is 2. The van der Waals surface area contributed by atoms with Crippen LogP contribution in [0.25, 0.3) is 21.8 Å². The van der Waals surface area contributed by atoms with Gasteiger partial charge in [-0.3, -0.25) is 9.11 Å². The number of rotatable bonds is 2. The summed E-state index contributed by atoms with van der Waals surface area (Å²) in [5.74, 6) is -0.427. The van der Waals surface area contributed by atoms with Gasteiger partial charge in [-0.05, 0) is 56.3 Å². The number of hydrogen-bond acceptors (Lipinski definition) is 8. The number of halogens is 1. The first-order valence-electron chi connectivity index (χ1n) is 9.03. The van der Waals surface area contributed by atoms with Gasteiger partial charge >= 0.3 is 0 Å². The van der Waals surface area contributed by atoms with Crippen LogP contribution in [0.5, 0.6) is 11.5 Å². The van der Waals surface area contributed by atoms with Crippen LogP contribution in [0.3, 0.4) is 0 Å². The van der Waals surface area contributed by atoms with Crippen LogP contribution in [0, 0.1) is 13.8 Å². The molecule has 0 aliphatic rings. The lowest BCUT2D eigenvalue weighted by atomic mass is 10.2. The van der Waals surface area contributed by atoms with Crippen LogP contribution in [0.4, 0.5) is 0 Å². The molecule has 0 aliphatic carbocycles. The number of hydrogen-bond donors (Lipinski definition) is 4. The molecule has 0 fully saturated rings.